The third kappa shape index (κ3) is 2.25. The summed E-state index contributed by atoms with van der Waals surface area (Å²) in [5.74, 6) is -2.72. The topological polar surface area (TPSA) is 86.6 Å². The molecule has 0 bridgehead atoms. The van der Waals surface area contributed by atoms with E-state index in [-0.39, 0.29) is 0 Å². The number of hydrogen-bond acceptors (Lipinski definition) is 7. The van der Waals surface area contributed by atoms with Crippen LogP contribution in [0, 0.1) is 0 Å². The van der Waals surface area contributed by atoms with Crippen LogP contribution >= 0.6 is 0 Å². The van der Waals surface area contributed by atoms with Gasteiger partial charge in [0.25, 0.3) is 0 Å². The molecule has 20 heavy (non-hydrogen) atoms. The molecule has 2 rings (SSSR count). The molecule has 2 heterocycles. The normalized spacial score (nSPS) is 52.6. The molecule has 2 aliphatic rings. The van der Waals surface area contributed by atoms with Crippen LogP contribution in [0.4, 0.5) is 4.39 Å². The van der Waals surface area contributed by atoms with Gasteiger partial charge in [-0.15, -0.1) is 0 Å². The summed E-state index contributed by atoms with van der Waals surface area (Å²) in [4.78, 5) is 0. The minimum atomic E-state index is -1.85. The zero-order valence-electron chi connectivity index (χ0n) is 11.9. The SMILES string of the molecule is CO[C@]1(C)O[C@@H]2[C@@H](O[C@@]1(C)OC)[C@H](O)[C@@H](CO)O[C@@H]2F. The number of ether oxygens (including phenoxy) is 5. The van der Waals surface area contributed by atoms with Crippen molar-refractivity contribution in [1.82, 2.24) is 0 Å². The highest BCUT2D eigenvalue weighted by molar-refractivity contribution is 4.99. The van der Waals surface area contributed by atoms with Gasteiger partial charge in [-0.2, -0.15) is 0 Å². The summed E-state index contributed by atoms with van der Waals surface area (Å²) in [6.45, 7) is 2.58. The molecule has 0 aromatic carbocycles. The number of methoxy groups -OCH3 is 2. The highest BCUT2D eigenvalue weighted by Gasteiger charge is 2.62. The van der Waals surface area contributed by atoms with E-state index in [2.05, 4.69) is 0 Å². The quantitative estimate of drug-likeness (QED) is 0.729. The Morgan fingerprint density at radius 1 is 1.10 bits per heavy atom. The van der Waals surface area contributed by atoms with Crippen LogP contribution in [0.1, 0.15) is 13.8 Å². The van der Waals surface area contributed by atoms with Crippen molar-refractivity contribution in [1.29, 1.82) is 0 Å². The predicted octanol–water partition coefficient (Wildman–Crippen LogP) is -0.457. The predicted molar refractivity (Wildman–Crippen MR) is 63.4 cm³/mol. The van der Waals surface area contributed by atoms with E-state index in [1.54, 1.807) is 13.8 Å². The van der Waals surface area contributed by atoms with Crippen LogP contribution in [0.3, 0.4) is 0 Å². The lowest BCUT2D eigenvalue weighted by molar-refractivity contribution is -0.478. The number of hydrogen-bond donors (Lipinski definition) is 2. The Morgan fingerprint density at radius 3 is 2.05 bits per heavy atom. The van der Waals surface area contributed by atoms with Crippen molar-refractivity contribution in [2.75, 3.05) is 20.8 Å². The second kappa shape index (κ2) is 5.45. The second-order valence-corrected chi connectivity index (χ2v) is 5.16. The molecule has 2 saturated heterocycles. The summed E-state index contributed by atoms with van der Waals surface area (Å²) in [5.41, 5.74) is 0. The van der Waals surface area contributed by atoms with E-state index in [4.69, 9.17) is 28.8 Å². The molecule has 118 valence electrons. The van der Waals surface area contributed by atoms with Crippen LogP contribution in [0.25, 0.3) is 0 Å². The molecule has 0 aromatic heterocycles. The highest BCUT2D eigenvalue weighted by atomic mass is 19.1. The smallest absolute Gasteiger partial charge is 0.228 e. The van der Waals surface area contributed by atoms with Gasteiger partial charge < -0.3 is 33.9 Å². The number of rotatable bonds is 3. The third-order valence-corrected chi connectivity index (χ3v) is 4.11. The van der Waals surface area contributed by atoms with Crippen molar-refractivity contribution < 1.29 is 38.3 Å². The van der Waals surface area contributed by atoms with Gasteiger partial charge in [0.1, 0.15) is 24.4 Å². The van der Waals surface area contributed by atoms with Crippen LogP contribution in [-0.2, 0) is 23.7 Å². The zero-order chi connectivity index (χ0) is 15.1. The minimum absolute atomic E-state index is 0.528. The Kier molecular flexibility index (Phi) is 4.37. The lowest BCUT2D eigenvalue weighted by Crippen LogP contribution is -2.72. The molecule has 0 aromatic rings. The van der Waals surface area contributed by atoms with Crippen molar-refractivity contribution >= 4 is 0 Å². The summed E-state index contributed by atoms with van der Waals surface area (Å²) >= 11 is 0. The monoisotopic (exact) mass is 296 g/mol. The molecule has 2 N–H and O–H groups in total. The number of aliphatic hydroxyl groups is 2. The van der Waals surface area contributed by atoms with Gasteiger partial charge in [0.2, 0.25) is 17.9 Å². The molecule has 0 amide bonds. The van der Waals surface area contributed by atoms with Crippen LogP contribution in [-0.4, -0.2) is 73.4 Å². The Hall–Kier alpha value is -0.350. The van der Waals surface area contributed by atoms with Crippen molar-refractivity contribution in [2.24, 2.45) is 0 Å². The Morgan fingerprint density at radius 2 is 1.60 bits per heavy atom. The maximum atomic E-state index is 14.0. The van der Waals surface area contributed by atoms with Crippen molar-refractivity contribution in [3.63, 3.8) is 0 Å². The summed E-state index contributed by atoms with van der Waals surface area (Å²) in [6, 6.07) is 0. The summed E-state index contributed by atoms with van der Waals surface area (Å²) in [7, 11) is 2.77. The summed E-state index contributed by atoms with van der Waals surface area (Å²) < 4.78 is 40.7. The van der Waals surface area contributed by atoms with E-state index >= 15 is 0 Å². The first-order valence-corrected chi connectivity index (χ1v) is 6.36. The average molecular weight is 296 g/mol. The van der Waals surface area contributed by atoms with E-state index in [9.17, 15) is 9.50 Å². The van der Waals surface area contributed by atoms with E-state index in [1.807, 2.05) is 0 Å². The molecule has 8 heteroatoms. The maximum Gasteiger partial charge on any atom is 0.228 e. The zero-order valence-corrected chi connectivity index (χ0v) is 11.9. The summed E-state index contributed by atoms with van der Waals surface area (Å²) in [6.07, 6.45) is -6.39. The average Bonchev–Trinajstić information content (AvgIpc) is 2.45. The van der Waals surface area contributed by atoms with Gasteiger partial charge in [0.05, 0.1) is 6.61 Å². The van der Waals surface area contributed by atoms with Crippen LogP contribution in [0.5, 0.6) is 0 Å². The molecular weight excluding hydrogens is 275 g/mol. The van der Waals surface area contributed by atoms with Gasteiger partial charge in [-0.3, -0.25) is 0 Å². The number of alkyl halides is 1. The maximum absolute atomic E-state index is 14.0. The Labute approximate surface area is 116 Å². The van der Waals surface area contributed by atoms with E-state index in [0.29, 0.717) is 0 Å². The first-order valence-electron chi connectivity index (χ1n) is 6.36. The molecular formula is C12H21FO7. The largest absolute Gasteiger partial charge is 0.394 e. The van der Waals surface area contributed by atoms with Crippen molar-refractivity contribution in [3.8, 4) is 0 Å². The van der Waals surface area contributed by atoms with Gasteiger partial charge in [-0.25, -0.2) is 4.39 Å². The lowest BCUT2D eigenvalue weighted by atomic mass is 9.95. The number of aliphatic hydroxyl groups excluding tert-OH is 2. The van der Waals surface area contributed by atoms with E-state index < -0.39 is 49.0 Å². The van der Waals surface area contributed by atoms with Crippen LogP contribution < -0.4 is 0 Å². The fourth-order valence-corrected chi connectivity index (χ4v) is 2.49. The standard InChI is InChI=1S/C12H21FO7/c1-11(16-3)12(2,17-4)20-9-8(19-11)7(15)6(5-14)18-10(9)13/h6-10,14-15H,5H2,1-4H3/t6-,7-,8+,9-,10+,11-,12-/m1/s1. The number of fused-ring (bicyclic) bond motifs is 1. The van der Waals surface area contributed by atoms with Crippen molar-refractivity contribution in [2.45, 2.75) is 56.2 Å². The lowest BCUT2D eigenvalue weighted by Gasteiger charge is -2.55. The van der Waals surface area contributed by atoms with Gasteiger partial charge >= 0.3 is 0 Å². The van der Waals surface area contributed by atoms with Crippen molar-refractivity contribution in [3.05, 3.63) is 0 Å². The highest BCUT2D eigenvalue weighted by Crippen LogP contribution is 2.43. The molecule has 7 atom stereocenters. The molecule has 0 spiro atoms. The molecule has 2 aliphatic heterocycles. The van der Waals surface area contributed by atoms with Crippen LogP contribution in [0.15, 0.2) is 0 Å². The molecule has 0 radical (unpaired) electrons. The fraction of sp³-hybridized carbons (Fsp3) is 1.00. The summed E-state index contributed by atoms with van der Waals surface area (Å²) in [5, 5.41) is 19.2. The Bertz CT molecular complexity index is 357. The van der Waals surface area contributed by atoms with Gasteiger partial charge in [0.15, 0.2) is 0 Å². The molecule has 0 aliphatic carbocycles. The number of halogens is 1. The molecule has 0 unspecified atom stereocenters. The molecule has 2 fully saturated rings. The second-order valence-electron chi connectivity index (χ2n) is 5.16. The molecule has 7 nitrogen and oxygen atoms in total. The molecule has 0 saturated carbocycles. The first-order chi connectivity index (χ1) is 9.31. The van der Waals surface area contributed by atoms with Crippen LogP contribution in [0.2, 0.25) is 0 Å². The van der Waals surface area contributed by atoms with E-state index in [0.717, 1.165) is 0 Å². The van der Waals surface area contributed by atoms with Gasteiger partial charge in [0, 0.05) is 14.2 Å². The Balaban J connectivity index is 2.30. The third-order valence-electron chi connectivity index (χ3n) is 4.11. The fourth-order valence-electron chi connectivity index (χ4n) is 2.49. The van der Waals surface area contributed by atoms with E-state index in [1.165, 1.54) is 14.2 Å². The first kappa shape index (κ1) is 16.0. The minimum Gasteiger partial charge on any atom is -0.394 e. The van der Waals surface area contributed by atoms with Gasteiger partial charge in [-0.1, -0.05) is 0 Å². The van der Waals surface area contributed by atoms with Gasteiger partial charge in [-0.05, 0) is 13.8 Å².